The minimum absolute atomic E-state index is 0.0593. The molecule has 0 spiro atoms. The number of nitrogens with one attached hydrogen (secondary N) is 2. The maximum absolute atomic E-state index is 13.1. The van der Waals surface area contributed by atoms with Crippen molar-refractivity contribution >= 4 is 34.8 Å². The summed E-state index contributed by atoms with van der Waals surface area (Å²) < 4.78 is 13.1. The van der Waals surface area contributed by atoms with Crippen molar-refractivity contribution in [1.29, 1.82) is 0 Å². The molecular weight excluding hydrogens is 290 g/mol. The summed E-state index contributed by atoms with van der Waals surface area (Å²) in [6.45, 7) is 0. The predicted octanol–water partition coefficient (Wildman–Crippen LogP) is 3.21. The lowest BCUT2D eigenvalue weighted by atomic mass is 9.88. The second-order valence-corrected chi connectivity index (χ2v) is 5.94. The van der Waals surface area contributed by atoms with Gasteiger partial charge in [-0.1, -0.05) is 23.2 Å². The number of rotatable bonds is 2. The zero-order valence-corrected chi connectivity index (χ0v) is 11.6. The van der Waals surface area contributed by atoms with E-state index >= 15 is 0 Å². The molecule has 2 aliphatic heterocycles. The minimum atomic E-state index is -0.519. The first-order chi connectivity index (χ1) is 9.04. The Morgan fingerprint density at radius 2 is 2.00 bits per heavy atom. The molecule has 1 amide bonds. The molecular formula is C13H13Cl2FN2O. The number of amides is 1. The Hall–Kier alpha value is -0.840. The summed E-state index contributed by atoms with van der Waals surface area (Å²) in [6, 6.07) is 2.97. The van der Waals surface area contributed by atoms with Crippen molar-refractivity contribution in [3.8, 4) is 0 Å². The van der Waals surface area contributed by atoms with E-state index in [2.05, 4.69) is 10.6 Å². The van der Waals surface area contributed by atoms with Crippen LogP contribution in [0.5, 0.6) is 0 Å². The number of anilines is 1. The van der Waals surface area contributed by atoms with Gasteiger partial charge in [0, 0.05) is 12.1 Å². The summed E-state index contributed by atoms with van der Waals surface area (Å²) in [5.74, 6) is -0.680. The first-order valence-electron chi connectivity index (χ1n) is 6.26. The molecule has 19 heavy (non-hydrogen) atoms. The van der Waals surface area contributed by atoms with Crippen LogP contribution < -0.4 is 10.6 Å². The standard InChI is InChI=1S/C13H13Cl2FN2O/c14-9-3-6(16)4-10(15)12(9)18-13(19)8-5-7-1-2-11(8)17-7/h3-4,7-8,11,17H,1-2,5H2,(H,18,19). The van der Waals surface area contributed by atoms with Gasteiger partial charge in [0.05, 0.1) is 21.7 Å². The maximum Gasteiger partial charge on any atom is 0.229 e. The van der Waals surface area contributed by atoms with Gasteiger partial charge in [0.15, 0.2) is 0 Å². The molecule has 2 bridgehead atoms. The Labute approximate surface area is 120 Å². The molecule has 3 atom stereocenters. The highest BCUT2D eigenvalue weighted by atomic mass is 35.5. The van der Waals surface area contributed by atoms with Crippen LogP contribution in [0.4, 0.5) is 10.1 Å². The number of halogens is 3. The monoisotopic (exact) mass is 302 g/mol. The lowest BCUT2D eigenvalue weighted by Gasteiger charge is -2.20. The van der Waals surface area contributed by atoms with Crippen LogP contribution in [-0.2, 0) is 4.79 Å². The summed E-state index contributed by atoms with van der Waals surface area (Å²) >= 11 is 11.8. The molecule has 2 saturated heterocycles. The van der Waals surface area contributed by atoms with Crippen LogP contribution >= 0.6 is 23.2 Å². The molecule has 2 heterocycles. The highest BCUT2D eigenvalue weighted by Crippen LogP contribution is 2.36. The van der Waals surface area contributed by atoms with Gasteiger partial charge >= 0.3 is 0 Å². The Morgan fingerprint density at radius 3 is 2.53 bits per heavy atom. The third-order valence-electron chi connectivity index (χ3n) is 3.89. The van der Waals surface area contributed by atoms with Crippen LogP contribution in [0.15, 0.2) is 12.1 Å². The molecule has 3 rings (SSSR count). The van der Waals surface area contributed by atoms with E-state index in [4.69, 9.17) is 23.2 Å². The molecule has 3 nitrogen and oxygen atoms in total. The third-order valence-corrected chi connectivity index (χ3v) is 4.49. The van der Waals surface area contributed by atoms with Crippen molar-refractivity contribution in [2.75, 3.05) is 5.32 Å². The van der Waals surface area contributed by atoms with Crippen LogP contribution in [0.2, 0.25) is 10.0 Å². The van der Waals surface area contributed by atoms with Gasteiger partial charge in [-0.3, -0.25) is 4.79 Å². The molecule has 3 unspecified atom stereocenters. The van der Waals surface area contributed by atoms with Gasteiger partial charge in [0.2, 0.25) is 5.91 Å². The van der Waals surface area contributed by atoms with E-state index in [-0.39, 0.29) is 33.6 Å². The SMILES string of the molecule is O=C(Nc1c(Cl)cc(F)cc1Cl)C1CC2CCC1N2. The second kappa shape index (κ2) is 4.93. The quantitative estimate of drug-likeness (QED) is 0.881. The average molecular weight is 303 g/mol. The van der Waals surface area contributed by atoms with Crippen LogP contribution in [-0.4, -0.2) is 18.0 Å². The number of fused-ring (bicyclic) bond motifs is 2. The Morgan fingerprint density at radius 1 is 1.32 bits per heavy atom. The number of carbonyl (C=O) groups is 1. The fourth-order valence-electron chi connectivity index (χ4n) is 2.99. The lowest BCUT2D eigenvalue weighted by molar-refractivity contribution is -0.120. The van der Waals surface area contributed by atoms with Gasteiger partial charge in [-0.2, -0.15) is 0 Å². The first kappa shape index (κ1) is 13.2. The maximum atomic E-state index is 13.1. The van der Waals surface area contributed by atoms with E-state index in [1.807, 2.05) is 0 Å². The van der Waals surface area contributed by atoms with Gasteiger partial charge in [-0.15, -0.1) is 0 Å². The molecule has 102 valence electrons. The fourth-order valence-corrected chi connectivity index (χ4v) is 3.55. The highest BCUT2D eigenvalue weighted by Gasteiger charge is 2.42. The van der Waals surface area contributed by atoms with Gasteiger partial charge < -0.3 is 10.6 Å². The van der Waals surface area contributed by atoms with Crippen molar-refractivity contribution in [3.63, 3.8) is 0 Å². The van der Waals surface area contributed by atoms with Gasteiger partial charge in [-0.05, 0) is 31.4 Å². The summed E-state index contributed by atoms with van der Waals surface area (Å²) in [6.07, 6.45) is 2.99. The summed E-state index contributed by atoms with van der Waals surface area (Å²) in [5, 5.41) is 6.36. The van der Waals surface area contributed by atoms with E-state index in [1.54, 1.807) is 0 Å². The van der Waals surface area contributed by atoms with Crippen molar-refractivity contribution in [2.24, 2.45) is 5.92 Å². The summed E-state index contributed by atoms with van der Waals surface area (Å²) in [5.41, 5.74) is 0.289. The normalized spacial score (nSPS) is 28.7. The molecule has 2 fully saturated rings. The van der Waals surface area contributed by atoms with Crippen LogP contribution in [0, 0.1) is 11.7 Å². The highest BCUT2D eigenvalue weighted by molar-refractivity contribution is 6.39. The molecule has 0 radical (unpaired) electrons. The number of carbonyl (C=O) groups excluding carboxylic acids is 1. The third kappa shape index (κ3) is 2.45. The van der Waals surface area contributed by atoms with Crippen molar-refractivity contribution in [1.82, 2.24) is 5.32 Å². The topological polar surface area (TPSA) is 41.1 Å². The largest absolute Gasteiger partial charge is 0.323 e. The van der Waals surface area contributed by atoms with Gasteiger partial charge in [0.1, 0.15) is 5.82 Å². The van der Waals surface area contributed by atoms with Gasteiger partial charge in [0.25, 0.3) is 0 Å². The van der Waals surface area contributed by atoms with Crippen LogP contribution in [0.1, 0.15) is 19.3 Å². The van der Waals surface area contributed by atoms with Crippen molar-refractivity contribution in [2.45, 2.75) is 31.3 Å². The molecule has 0 aliphatic carbocycles. The molecule has 0 aromatic heterocycles. The van der Waals surface area contributed by atoms with E-state index < -0.39 is 5.82 Å². The van der Waals surface area contributed by atoms with Crippen molar-refractivity contribution in [3.05, 3.63) is 28.0 Å². The Bertz CT molecular complexity index is 514. The lowest BCUT2D eigenvalue weighted by Crippen LogP contribution is -2.33. The molecule has 1 aromatic carbocycles. The molecule has 0 saturated carbocycles. The fraction of sp³-hybridized carbons (Fsp3) is 0.462. The van der Waals surface area contributed by atoms with E-state index in [0.29, 0.717) is 6.04 Å². The summed E-state index contributed by atoms with van der Waals surface area (Å²) in [7, 11) is 0. The molecule has 2 aliphatic rings. The Balaban J connectivity index is 1.77. The van der Waals surface area contributed by atoms with Gasteiger partial charge in [-0.25, -0.2) is 4.39 Å². The zero-order chi connectivity index (χ0) is 13.6. The van der Waals surface area contributed by atoms with E-state index in [9.17, 15) is 9.18 Å². The summed E-state index contributed by atoms with van der Waals surface area (Å²) in [4.78, 5) is 12.2. The second-order valence-electron chi connectivity index (χ2n) is 5.12. The van der Waals surface area contributed by atoms with Crippen LogP contribution in [0.3, 0.4) is 0 Å². The molecule has 6 heteroatoms. The van der Waals surface area contributed by atoms with E-state index in [0.717, 1.165) is 31.4 Å². The molecule has 1 aromatic rings. The minimum Gasteiger partial charge on any atom is -0.323 e. The van der Waals surface area contributed by atoms with E-state index in [1.165, 1.54) is 0 Å². The van der Waals surface area contributed by atoms with Crippen molar-refractivity contribution < 1.29 is 9.18 Å². The molecule has 2 N–H and O–H groups in total. The Kier molecular flexibility index (Phi) is 3.41. The smallest absolute Gasteiger partial charge is 0.229 e. The number of benzene rings is 1. The predicted molar refractivity (Wildman–Crippen MR) is 73.1 cm³/mol. The average Bonchev–Trinajstić information content (AvgIpc) is 2.95. The van der Waals surface area contributed by atoms with Crippen LogP contribution in [0.25, 0.3) is 0 Å². The number of hydrogen-bond donors (Lipinski definition) is 2. The zero-order valence-electron chi connectivity index (χ0n) is 10.1. The number of hydrogen-bond acceptors (Lipinski definition) is 2. The first-order valence-corrected chi connectivity index (χ1v) is 7.01.